The van der Waals surface area contributed by atoms with Crippen molar-refractivity contribution in [2.45, 2.75) is 25.0 Å². The molecule has 0 aromatic carbocycles. The molecule has 5 nitrogen and oxygen atoms in total. The van der Waals surface area contributed by atoms with Crippen LogP contribution in [-0.2, 0) is 4.74 Å². The zero-order valence-electron chi connectivity index (χ0n) is 8.05. The molecule has 1 aliphatic rings. The van der Waals surface area contributed by atoms with Gasteiger partial charge in [0, 0.05) is 5.38 Å². The molecular weight excluding hydrogens is 216 g/mol. The lowest BCUT2D eigenvalue weighted by Crippen LogP contribution is -2.12. The second kappa shape index (κ2) is 4.26. The molecule has 3 N–H and O–H groups in total. The van der Waals surface area contributed by atoms with E-state index >= 15 is 0 Å². The van der Waals surface area contributed by atoms with Gasteiger partial charge in [0.2, 0.25) is 0 Å². The van der Waals surface area contributed by atoms with E-state index in [9.17, 15) is 4.79 Å². The van der Waals surface area contributed by atoms with Crippen LogP contribution in [0, 0.1) is 0 Å². The quantitative estimate of drug-likeness (QED) is 0.786. The fourth-order valence-corrected chi connectivity index (χ4v) is 2.45. The fourth-order valence-electron chi connectivity index (χ4n) is 1.57. The lowest BCUT2D eigenvalue weighted by Gasteiger charge is -2.08. The number of hydrogen-bond acceptors (Lipinski definition) is 5. The second-order valence-electron chi connectivity index (χ2n) is 3.44. The van der Waals surface area contributed by atoms with Crippen molar-refractivity contribution < 1.29 is 14.6 Å². The summed E-state index contributed by atoms with van der Waals surface area (Å²) in [6, 6.07) is 0. The van der Waals surface area contributed by atoms with Crippen LogP contribution in [0.3, 0.4) is 0 Å². The molecule has 0 bridgehead atoms. The molecule has 15 heavy (non-hydrogen) atoms. The summed E-state index contributed by atoms with van der Waals surface area (Å²) in [4.78, 5) is 14.9. The van der Waals surface area contributed by atoms with Crippen LogP contribution in [0.2, 0.25) is 0 Å². The van der Waals surface area contributed by atoms with Gasteiger partial charge in [0.25, 0.3) is 5.91 Å². The fraction of sp³-hybridized carbons (Fsp3) is 0.556. The maximum absolute atomic E-state index is 10.8. The number of thiazole rings is 1. The molecule has 0 unspecified atom stereocenters. The summed E-state index contributed by atoms with van der Waals surface area (Å²) in [6.45, 7) is 0.0323. The molecule has 1 aromatic rings. The zero-order valence-corrected chi connectivity index (χ0v) is 8.87. The molecule has 0 aliphatic carbocycles. The maximum atomic E-state index is 10.8. The van der Waals surface area contributed by atoms with Gasteiger partial charge in [0.1, 0.15) is 16.8 Å². The topological polar surface area (TPSA) is 85.4 Å². The molecule has 1 amide bonds. The van der Waals surface area contributed by atoms with Crippen molar-refractivity contribution >= 4 is 17.2 Å². The molecule has 1 aromatic heterocycles. The van der Waals surface area contributed by atoms with Gasteiger partial charge < -0.3 is 15.6 Å². The first-order valence-corrected chi connectivity index (χ1v) is 5.60. The zero-order chi connectivity index (χ0) is 10.8. The van der Waals surface area contributed by atoms with E-state index in [1.165, 1.54) is 11.3 Å². The number of primary amides is 1. The van der Waals surface area contributed by atoms with E-state index in [1.807, 2.05) is 0 Å². The molecule has 82 valence electrons. The van der Waals surface area contributed by atoms with Gasteiger partial charge in [-0.2, -0.15) is 0 Å². The summed E-state index contributed by atoms with van der Waals surface area (Å²) in [7, 11) is 0. The number of nitrogens with two attached hydrogens (primary N) is 1. The first kappa shape index (κ1) is 10.5. The van der Waals surface area contributed by atoms with Crippen LogP contribution in [-0.4, -0.2) is 28.7 Å². The molecule has 2 atom stereocenters. The summed E-state index contributed by atoms with van der Waals surface area (Å²) >= 11 is 1.37. The minimum absolute atomic E-state index is 0.0323. The number of carbonyl (C=O) groups excluding carboxylic acids is 1. The first-order chi connectivity index (χ1) is 7.20. The van der Waals surface area contributed by atoms with Crippen molar-refractivity contribution in [2.75, 3.05) is 6.61 Å². The van der Waals surface area contributed by atoms with Crippen LogP contribution in [0.4, 0.5) is 0 Å². The van der Waals surface area contributed by atoms with Crippen molar-refractivity contribution in [1.29, 1.82) is 0 Å². The molecule has 2 rings (SSSR count). The maximum Gasteiger partial charge on any atom is 0.268 e. The summed E-state index contributed by atoms with van der Waals surface area (Å²) in [5.41, 5.74) is 5.39. The highest BCUT2D eigenvalue weighted by Gasteiger charge is 2.28. The molecule has 6 heteroatoms. The average Bonchev–Trinajstić information content (AvgIpc) is 2.86. The number of aromatic nitrogens is 1. The van der Waals surface area contributed by atoms with Crippen molar-refractivity contribution in [3.63, 3.8) is 0 Å². The van der Waals surface area contributed by atoms with Gasteiger partial charge in [-0.05, 0) is 12.8 Å². The van der Waals surface area contributed by atoms with Crippen LogP contribution in [0.15, 0.2) is 5.38 Å². The van der Waals surface area contributed by atoms with E-state index in [1.54, 1.807) is 5.38 Å². The van der Waals surface area contributed by atoms with Crippen molar-refractivity contribution in [2.24, 2.45) is 5.73 Å². The predicted octanol–water partition coefficient (Wildman–Crippen LogP) is 0.454. The Hall–Kier alpha value is -0.980. The summed E-state index contributed by atoms with van der Waals surface area (Å²) in [5.74, 6) is -0.519. The Kier molecular flexibility index (Phi) is 2.99. The van der Waals surface area contributed by atoms with E-state index in [-0.39, 0.29) is 24.5 Å². The Bertz CT molecular complexity index is 366. The Balaban J connectivity index is 2.07. The normalized spacial score (nSPS) is 25.7. The predicted molar refractivity (Wildman–Crippen MR) is 54.6 cm³/mol. The monoisotopic (exact) mass is 228 g/mol. The Morgan fingerprint density at radius 1 is 1.73 bits per heavy atom. The summed E-state index contributed by atoms with van der Waals surface area (Å²) in [6.07, 6.45) is 1.46. The lowest BCUT2D eigenvalue weighted by molar-refractivity contribution is 0.0109. The molecular formula is C9H12N2O3S. The third-order valence-electron chi connectivity index (χ3n) is 2.36. The van der Waals surface area contributed by atoms with Gasteiger partial charge in [0.15, 0.2) is 0 Å². The van der Waals surface area contributed by atoms with Gasteiger partial charge in [-0.3, -0.25) is 4.79 Å². The van der Waals surface area contributed by atoms with Crippen molar-refractivity contribution in [3.8, 4) is 0 Å². The van der Waals surface area contributed by atoms with Gasteiger partial charge in [-0.15, -0.1) is 11.3 Å². The van der Waals surface area contributed by atoms with E-state index in [4.69, 9.17) is 15.6 Å². The molecule has 0 spiro atoms. The number of rotatable bonds is 3. The molecule has 1 aliphatic heterocycles. The van der Waals surface area contributed by atoms with Crippen LogP contribution >= 0.6 is 11.3 Å². The van der Waals surface area contributed by atoms with Crippen molar-refractivity contribution in [3.05, 3.63) is 16.1 Å². The van der Waals surface area contributed by atoms with Crippen LogP contribution < -0.4 is 5.73 Å². The summed E-state index contributed by atoms with van der Waals surface area (Å²) in [5, 5.41) is 11.3. The van der Waals surface area contributed by atoms with E-state index in [0.717, 1.165) is 17.8 Å². The van der Waals surface area contributed by atoms with E-state index in [0.29, 0.717) is 0 Å². The largest absolute Gasteiger partial charge is 0.394 e. The molecule has 0 radical (unpaired) electrons. The van der Waals surface area contributed by atoms with Gasteiger partial charge in [-0.25, -0.2) is 4.98 Å². The minimum atomic E-state index is -0.519. The number of nitrogens with zero attached hydrogens (tertiary/aromatic N) is 1. The van der Waals surface area contributed by atoms with E-state index < -0.39 is 5.91 Å². The number of carbonyl (C=O) groups is 1. The van der Waals surface area contributed by atoms with Gasteiger partial charge in [0.05, 0.1) is 12.7 Å². The number of aliphatic hydroxyl groups excluding tert-OH is 1. The lowest BCUT2D eigenvalue weighted by atomic mass is 10.2. The Morgan fingerprint density at radius 3 is 3.07 bits per heavy atom. The third kappa shape index (κ3) is 2.17. The Labute approximate surface area is 90.9 Å². The molecule has 1 saturated heterocycles. The molecule has 1 fully saturated rings. The van der Waals surface area contributed by atoms with Crippen LogP contribution in [0.1, 0.15) is 34.4 Å². The highest BCUT2D eigenvalue weighted by atomic mass is 32.1. The smallest absolute Gasteiger partial charge is 0.268 e. The minimum Gasteiger partial charge on any atom is -0.394 e. The highest BCUT2D eigenvalue weighted by molar-refractivity contribution is 7.09. The van der Waals surface area contributed by atoms with Crippen LogP contribution in [0.25, 0.3) is 0 Å². The highest BCUT2D eigenvalue weighted by Crippen LogP contribution is 2.33. The standard InChI is InChI=1S/C9H12N2O3S/c10-8(13)6-4-15-9(11-6)7-2-1-5(3-12)14-7/h4-5,7,12H,1-3H2,(H2,10,13)/t5-,7+/m0/s1. The van der Waals surface area contributed by atoms with Gasteiger partial charge >= 0.3 is 0 Å². The summed E-state index contributed by atoms with van der Waals surface area (Å²) < 4.78 is 5.54. The average molecular weight is 228 g/mol. The number of ether oxygens (including phenoxy) is 1. The van der Waals surface area contributed by atoms with Crippen molar-refractivity contribution in [1.82, 2.24) is 4.98 Å². The SMILES string of the molecule is NC(=O)c1csc([C@H]2CC[C@@H](CO)O2)n1. The third-order valence-corrected chi connectivity index (χ3v) is 3.30. The first-order valence-electron chi connectivity index (χ1n) is 4.72. The molecule has 0 saturated carbocycles. The number of aliphatic hydroxyl groups is 1. The van der Waals surface area contributed by atoms with Crippen LogP contribution in [0.5, 0.6) is 0 Å². The number of hydrogen-bond donors (Lipinski definition) is 2. The molecule has 2 heterocycles. The van der Waals surface area contributed by atoms with E-state index in [2.05, 4.69) is 4.98 Å². The Morgan fingerprint density at radius 2 is 2.53 bits per heavy atom. The number of amides is 1. The van der Waals surface area contributed by atoms with Gasteiger partial charge in [-0.1, -0.05) is 0 Å². The second-order valence-corrected chi connectivity index (χ2v) is 4.33.